The van der Waals surface area contributed by atoms with Gasteiger partial charge in [-0.05, 0) is 72.3 Å². The van der Waals surface area contributed by atoms with Crippen LogP contribution in [0.15, 0.2) is 76.0 Å². The maximum Gasteiger partial charge on any atom is 0.248 e. The van der Waals surface area contributed by atoms with Crippen molar-refractivity contribution in [3.63, 3.8) is 0 Å². The van der Waals surface area contributed by atoms with Crippen LogP contribution in [-0.4, -0.2) is 54.3 Å². The Bertz CT molecular complexity index is 1320. The Balaban J connectivity index is 0.00000274. The Morgan fingerprint density at radius 3 is 2.58 bits per heavy atom. The second-order valence-corrected chi connectivity index (χ2v) is 11.5. The van der Waals surface area contributed by atoms with E-state index in [1.165, 1.54) is 0 Å². The van der Waals surface area contributed by atoms with E-state index in [9.17, 15) is 22.3 Å². The number of hydrogen-bond donors (Lipinski definition) is 3. The van der Waals surface area contributed by atoms with Crippen LogP contribution in [0.4, 0.5) is 14.6 Å². The molecule has 0 amide bonds. The predicted molar refractivity (Wildman–Crippen MR) is 160 cm³/mol. The third-order valence-corrected chi connectivity index (χ3v) is 8.40. The van der Waals surface area contributed by atoms with E-state index in [-0.39, 0.29) is 24.8 Å². The minimum Gasteiger partial charge on any atom is -0.513 e. The highest BCUT2D eigenvalue weighted by atomic mass is 79.9. The second-order valence-electron chi connectivity index (χ2n) is 8.75. The molecule has 1 atom stereocenters. The van der Waals surface area contributed by atoms with Gasteiger partial charge in [-0.15, -0.1) is 0 Å². The van der Waals surface area contributed by atoms with Crippen molar-refractivity contribution < 1.29 is 22.3 Å². The molecule has 40 heavy (non-hydrogen) atoms. The summed E-state index contributed by atoms with van der Waals surface area (Å²) in [5.74, 6) is -0.618. The van der Waals surface area contributed by atoms with E-state index in [0.717, 1.165) is 39.2 Å². The summed E-state index contributed by atoms with van der Waals surface area (Å²) in [5.41, 5.74) is 0. The molecule has 0 radical (unpaired) electrons. The summed E-state index contributed by atoms with van der Waals surface area (Å²) < 4.78 is 58.3. The molecule has 3 N–H and O–H groups in total. The Morgan fingerprint density at radius 1 is 1.23 bits per heavy atom. The van der Waals surface area contributed by atoms with Crippen molar-refractivity contribution in [1.29, 1.82) is 0 Å². The Morgan fingerprint density at radius 2 is 1.93 bits per heavy atom. The lowest BCUT2D eigenvalue weighted by atomic mass is 10.00. The summed E-state index contributed by atoms with van der Waals surface area (Å²) in [7, 11) is -2.53. The number of aliphatic hydroxyl groups excluding tert-OH is 1. The molecule has 2 aromatic rings. The van der Waals surface area contributed by atoms with Gasteiger partial charge >= 0.3 is 0 Å². The first-order valence-corrected chi connectivity index (χ1v) is 15.4. The number of nitrogens with zero attached hydrogens (tertiary/aromatic N) is 3. The van der Waals surface area contributed by atoms with Gasteiger partial charge in [0.2, 0.25) is 10.0 Å². The molecule has 3 rings (SSSR count). The van der Waals surface area contributed by atoms with Crippen LogP contribution in [0.3, 0.4) is 0 Å². The minimum atomic E-state index is -4.31. The molecule has 0 saturated carbocycles. The zero-order valence-electron chi connectivity index (χ0n) is 23.2. The molecule has 1 unspecified atom stereocenters. The number of nitrogens with one attached hydrogen (secondary N) is 2. The van der Waals surface area contributed by atoms with Gasteiger partial charge in [-0.3, -0.25) is 0 Å². The number of anilines is 1. The third-order valence-electron chi connectivity index (χ3n) is 5.90. The number of aliphatic hydroxyl groups is 1. The fraction of sp³-hybridized carbons (Fsp3) is 0.393. The lowest BCUT2D eigenvalue weighted by molar-refractivity contribution is 0.263. The van der Waals surface area contributed by atoms with Crippen LogP contribution in [-0.2, 0) is 10.0 Å². The van der Waals surface area contributed by atoms with Gasteiger partial charge < -0.3 is 15.7 Å². The maximum atomic E-state index is 14.3. The Labute approximate surface area is 244 Å². The highest BCUT2D eigenvalue weighted by Crippen LogP contribution is 2.28. The van der Waals surface area contributed by atoms with Crippen LogP contribution < -0.4 is 10.6 Å². The van der Waals surface area contributed by atoms with E-state index in [1.54, 1.807) is 43.1 Å². The van der Waals surface area contributed by atoms with Gasteiger partial charge in [-0.1, -0.05) is 44.2 Å². The minimum absolute atomic E-state index is 0.0826. The second kappa shape index (κ2) is 16.3. The molecule has 0 aliphatic carbocycles. The number of aromatic nitrogens is 2. The average molecular weight is 643 g/mol. The summed E-state index contributed by atoms with van der Waals surface area (Å²) in [6.45, 7) is 6.37. The molecule has 1 aromatic heterocycles. The molecule has 1 fully saturated rings. The number of halogens is 3. The zero-order valence-corrected chi connectivity index (χ0v) is 25.6. The maximum absolute atomic E-state index is 14.3. The number of hydrogen-bond acceptors (Lipinski definition) is 6. The standard InChI is InChI=1S/C26H32BrF2N5O3S.C2H6/c1-19(35)10-6-4-3-5-7-14-24(34-26(30-2)21(27)17-32-34)31-16-20-11-9-15-33(18-20)38(36,37)25-22(28)12-8-13-23(25)29;1-2/h3-6,8,10,12-14,17,20,30-31,35H,7,9,11,15-16,18H2,1-2H3;1-2H3/b5-3+,6-4-,19-10+,24-14-;. The molecular weight excluding hydrogens is 604 g/mol. The molecule has 12 heteroatoms. The Kier molecular flexibility index (Phi) is 13.6. The lowest BCUT2D eigenvalue weighted by Crippen LogP contribution is -2.43. The van der Waals surface area contributed by atoms with Crippen LogP contribution in [0, 0.1) is 17.6 Å². The molecule has 1 aromatic carbocycles. The number of rotatable bonds is 11. The van der Waals surface area contributed by atoms with Gasteiger partial charge in [-0.2, -0.15) is 9.40 Å². The molecule has 220 valence electrons. The quantitative estimate of drug-likeness (QED) is 0.193. The lowest BCUT2D eigenvalue weighted by Gasteiger charge is -2.32. The molecule has 0 bridgehead atoms. The fourth-order valence-corrected chi connectivity index (χ4v) is 6.21. The van der Waals surface area contributed by atoms with Crippen molar-refractivity contribution in [3.8, 4) is 0 Å². The molecule has 8 nitrogen and oxygen atoms in total. The summed E-state index contributed by atoms with van der Waals surface area (Å²) in [5, 5.41) is 20.1. The van der Waals surface area contributed by atoms with Crippen LogP contribution in [0.25, 0.3) is 5.82 Å². The summed E-state index contributed by atoms with van der Waals surface area (Å²) in [4.78, 5) is -0.903. The van der Waals surface area contributed by atoms with Gasteiger partial charge in [0.1, 0.15) is 23.3 Å². The van der Waals surface area contributed by atoms with Crippen LogP contribution >= 0.6 is 15.9 Å². The van der Waals surface area contributed by atoms with Gasteiger partial charge in [-0.25, -0.2) is 21.9 Å². The molecule has 2 heterocycles. The van der Waals surface area contributed by atoms with Gasteiger partial charge in [0.25, 0.3) is 0 Å². The van der Waals surface area contributed by atoms with E-state index in [4.69, 9.17) is 0 Å². The molecule has 1 aliphatic rings. The summed E-state index contributed by atoms with van der Waals surface area (Å²) >= 11 is 3.47. The van der Waals surface area contributed by atoms with Gasteiger partial charge in [0, 0.05) is 26.7 Å². The van der Waals surface area contributed by atoms with Crippen molar-refractivity contribution in [3.05, 3.63) is 82.7 Å². The average Bonchev–Trinajstić information content (AvgIpc) is 3.30. The SMILES string of the molecule is CC.CNc1c(Br)cnn1/C(=C\C/C=C/C=C\C=C(/C)O)NCC1CCCN(S(=O)(=O)c2c(F)cccc2F)C1. The molecular formula is C28H38BrF2N5O3S. The topological polar surface area (TPSA) is 99.5 Å². The van der Waals surface area contributed by atoms with Crippen molar-refractivity contribution in [2.24, 2.45) is 5.92 Å². The summed E-state index contributed by atoms with van der Waals surface area (Å²) in [6, 6.07) is 3.05. The number of benzene rings is 1. The normalized spacial score (nSPS) is 17.2. The van der Waals surface area contributed by atoms with Crippen LogP contribution in [0.5, 0.6) is 0 Å². The van der Waals surface area contributed by atoms with E-state index >= 15 is 0 Å². The van der Waals surface area contributed by atoms with Crippen LogP contribution in [0.2, 0.25) is 0 Å². The number of piperidine rings is 1. The third kappa shape index (κ3) is 9.03. The first kappa shape index (κ1) is 33.2. The first-order valence-electron chi connectivity index (χ1n) is 13.1. The first-order chi connectivity index (χ1) is 19.1. The van der Waals surface area contributed by atoms with E-state index in [0.29, 0.717) is 25.2 Å². The monoisotopic (exact) mass is 641 g/mol. The largest absolute Gasteiger partial charge is 0.513 e. The van der Waals surface area contributed by atoms with Crippen LogP contribution in [0.1, 0.15) is 40.0 Å². The number of sulfonamides is 1. The number of allylic oxidation sites excluding steroid dienone is 7. The summed E-state index contributed by atoms with van der Waals surface area (Å²) in [6.07, 6.45) is 14.4. The molecule has 0 spiro atoms. The smallest absolute Gasteiger partial charge is 0.248 e. The predicted octanol–water partition coefficient (Wildman–Crippen LogP) is 6.44. The van der Waals surface area contributed by atoms with Crippen molar-refractivity contribution in [1.82, 2.24) is 19.4 Å². The van der Waals surface area contributed by atoms with Gasteiger partial charge in [0.15, 0.2) is 4.90 Å². The van der Waals surface area contributed by atoms with Gasteiger partial charge in [0.05, 0.1) is 16.4 Å². The fourth-order valence-electron chi connectivity index (χ4n) is 4.08. The van der Waals surface area contributed by atoms with E-state index < -0.39 is 26.6 Å². The Hall–Kier alpha value is -2.96. The van der Waals surface area contributed by atoms with E-state index in [2.05, 4.69) is 31.7 Å². The molecule has 1 aliphatic heterocycles. The highest BCUT2D eigenvalue weighted by Gasteiger charge is 2.34. The van der Waals surface area contributed by atoms with E-state index in [1.807, 2.05) is 32.1 Å². The van der Waals surface area contributed by atoms with Crippen molar-refractivity contribution in [2.75, 3.05) is 32.0 Å². The zero-order chi connectivity index (χ0) is 29.7. The van der Waals surface area contributed by atoms with Crippen molar-refractivity contribution >= 4 is 37.6 Å². The molecule has 1 saturated heterocycles. The highest BCUT2D eigenvalue weighted by molar-refractivity contribution is 9.10. The van der Waals surface area contributed by atoms with Crippen molar-refractivity contribution in [2.45, 2.75) is 44.9 Å².